The first-order chi connectivity index (χ1) is 13.1. The number of benzene rings is 1. The van der Waals surface area contributed by atoms with Gasteiger partial charge in [-0.15, -0.1) is 0 Å². The Morgan fingerprint density at radius 3 is 2.78 bits per heavy atom. The molecule has 3 heterocycles. The van der Waals surface area contributed by atoms with Gasteiger partial charge in [0, 0.05) is 37.7 Å². The van der Waals surface area contributed by atoms with Crippen molar-refractivity contribution in [3.8, 4) is 0 Å². The molecule has 1 spiro atoms. The molecule has 1 aromatic carbocycles. The van der Waals surface area contributed by atoms with E-state index < -0.39 is 0 Å². The van der Waals surface area contributed by atoms with Gasteiger partial charge in [-0.25, -0.2) is 0 Å². The topological polar surface area (TPSA) is 61.9 Å². The van der Waals surface area contributed by atoms with Crippen molar-refractivity contribution < 1.29 is 14.3 Å². The number of likely N-dealkylation sites (N-methyl/N-ethyl adjacent to an activating group) is 1. The zero-order valence-corrected chi connectivity index (χ0v) is 16.1. The van der Waals surface area contributed by atoms with E-state index in [-0.39, 0.29) is 23.3 Å². The number of nitrogens with one attached hydrogen (secondary N) is 1. The van der Waals surface area contributed by atoms with Crippen LogP contribution in [0.25, 0.3) is 0 Å². The van der Waals surface area contributed by atoms with Crippen LogP contribution < -0.4 is 5.32 Å². The number of hydrogen-bond acceptors (Lipinski definition) is 4. The maximum absolute atomic E-state index is 13.1. The second-order valence-electron chi connectivity index (χ2n) is 8.10. The lowest BCUT2D eigenvalue weighted by atomic mass is 9.68. The maximum Gasteiger partial charge on any atom is 0.254 e. The Hall–Kier alpha value is -1.92. The van der Waals surface area contributed by atoms with Crippen LogP contribution in [-0.4, -0.2) is 74.1 Å². The zero-order chi connectivity index (χ0) is 18.9. The van der Waals surface area contributed by atoms with E-state index in [1.165, 1.54) is 5.56 Å². The maximum atomic E-state index is 13.1. The molecule has 2 fully saturated rings. The Morgan fingerprint density at radius 2 is 2.07 bits per heavy atom. The van der Waals surface area contributed by atoms with Crippen molar-refractivity contribution in [2.24, 2.45) is 0 Å². The molecule has 0 bridgehead atoms. The fraction of sp³-hybridized carbons (Fsp3) is 0.619. The third-order valence-corrected chi connectivity index (χ3v) is 6.42. The van der Waals surface area contributed by atoms with Gasteiger partial charge in [-0.3, -0.25) is 14.5 Å². The van der Waals surface area contributed by atoms with Crippen LogP contribution in [0.4, 0.5) is 0 Å². The molecular weight excluding hydrogens is 342 g/mol. The molecule has 6 heteroatoms. The van der Waals surface area contributed by atoms with E-state index in [0.717, 1.165) is 57.5 Å². The predicted octanol–water partition coefficient (Wildman–Crippen LogP) is 1.40. The molecule has 2 amide bonds. The van der Waals surface area contributed by atoms with Crippen LogP contribution in [0.5, 0.6) is 0 Å². The minimum atomic E-state index is -0.0116. The molecule has 0 radical (unpaired) electrons. The van der Waals surface area contributed by atoms with E-state index in [0.29, 0.717) is 13.1 Å². The summed E-state index contributed by atoms with van der Waals surface area (Å²) in [5.41, 5.74) is 2.03. The summed E-state index contributed by atoms with van der Waals surface area (Å²) in [4.78, 5) is 29.0. The lowest BCUT2D eigenvalue weighted by Gasteiger charge is -2.48. The van der Waals surface area contributed by atoms with Gasteiger partial charge < -0.3 is 15.0 Å². The Labute approximate surface area is 160 Å². The number of ether oxygens (including phenoxy) is 1. The van der Waals surface area contributed by atoms with E-state index >= 15 is 0 Å². The third kappa shape index (κ3) is 3.60. The van der Waals surface area contributed by atoms with Crippen molar-refractivity contribution in [3.05, 3.63) is 35.4 Å². The largest absolute Gasteiger partial charge is 0.376 e. The second kappa shape index (κ2) is 7.60. The highest BCUT2D eigenvalue weighted by Crippen LogP contribution is 2.42. The third-order valence-electron chi connectivity index (χ3n) is 6.42. The Morgan fingerprint density at radius 1 is 1.30 bits per heavy atom. The minimum absolute atomic E-state index is 0.0116. The highest BCUT2D eigenvalue weighted by Gasteiger charge is 2.45. The minimum Gasteiger partial charge on any atom is -0.376 e. The number of fused-ring (bicyclic) bond motifs is 2. The number of piperidine rings is 1. The quantitative estimate of drug-likeness (QED) is 0.869. The molecular formula is C21H29N3O3. The second-order valence-corrected chi connectivity index (χ2v) is 8.10. The van der Waals surface area contributed by atoms with E-state index in [1.54, 1.807) is 7.05 Å². The highest BCUT2D eigenvalue weighted by molar-refractivity contribution is 5.97. The molecule has 3 aliphatic rings. The van der Waals surface area contributed by atoms with E-state index in [1.807, 2.05) is 23.1 Å². The van der Waals surface area contributed by atoms with Crippen molar-refractivity contribution in [2.75, 3.05) is 46.4 Å². The summed E-state index contributed by atoms with van der Waals surface area (Å²) in [6.45, 7) is 4.47. The zero-order valence-electron chi connectivity index (χ0n) is 16.1. The van der Waals surface area contributed by atoms with Crippen molar-refractivity contribution in [2.45, 2.75) is 37.2 Å². The predicted molar refractivity (Wildman–Crippen MR) is 103 cm³/mol. The normalized spacial score (nSPS) is 24.9. The summed E-state index contributed by atoms with van der Waals surface area (Å²) in [5.74, 6) is 0.199. The lowest BCUT2D eigenvalue weighted by Crippen LogP contribution is -2.56. The van der Waals surface area contributed by atoms with E-state index in [2.05, 4.69) is 16.3 Å². The SMILES string of the molecule is CNC(=O)CN1CCC2(CC1)CN(C[C@H]1CCCO1)C(=O)c1ccccc12. The summed E-state index contributed by atoms with van der Waals surface area (Å²) in [6.07, 6.45) is 4.23. The van der Waals surface area contributed by atoms with E-state index in [4.69, 9.17) is 4.74 Å². The van der Waals surface area contributed by atoms with Gasteiger partial charge in [-0.1, -0.05) is 18.2 Å². The van der Waals surface area contributed by atoms with E-state index in [9.17, 15) is 9.59 Å². The molecule has 4 rings (SSSR count). The van der Waals surface area contributed by atoms with Gasteiger partial charge in [0.15, 0.2) is 0 Å². The van der Waals surface area contributed by atoms with Crippen LogP contribution in [-0.2, 0) is 14.9 Å². The van der Waals surface area contributed by atoms with Gasteiger partial charge in [0.2, 0.25) is 5.91 Å². The summed E-state index contributed by atoms with van der Waals surface area (Å²) < 4.78 is 5.79. The number of rotatable bonds is 4. The standard InChI is InChI=1S/C21H29N3O3/c1-22-19(25)14-23-10-8-21(9-11-23)15-24(13-16-5-4-12-27-16)20(26)17-6-2-3-7-18(17)21/h2-3,6-7,16H,4-5,8-15H2,1H3,(H,22,25)/t16-/m1/s1. The average Bonchev–Trinajstić information content (AvgIpc) is 3.21. The molecule has 27 heavy (non-hydrogen) atoms. The molecule has 0 aromatic heterocycles. The Kier molecular flexibility index (Phi) is 5.19. The lowest BCUT2D eigenvalue weighted by molar-refractivity contribution is -0.122. The summed E-state index contributed by atoms with van der Waals surface area (Å²) in [5, 5.41) is 2.70. The molecule has 1 N–H and O–H groups in total. The number of carbonyl (C=O) groups is 2. The molecule has 0 unspecified atom stereocenters. The van der Waals surface area contributed by atoms with Crippen molar-refractivity contribution in [1.82, 2.24) is 15.1 Å². The molecule has 6 nitrogen and oxygen atoms in total. The highest BCUT2D eigenvalue weighted by atomic mass is 16.5. The van der Waals surface area contributed by atoms with Crippen LogP contribution in [0.2, 0.25) is 0 Å². The van der Waals surface area contributed by atoms with Gasteiger partial charge in [0.1, 0.15) is 0 Å². The Balaban J connectivity index is 1.55. The molecule has 146 valence electrons. The molecule has 0 saturated carbocycles. The number of amides is 2. The van der Waals surface area contributed by atoms with Crippen LogP contribution >= 0.6 is 0 Å². The summed E-state index contributed by atoms with van der Waals surface area (Å²) >= 11 is 0. The van der Waals surface area contributed by atoms with Crippen LogP contribution in [0.3, 0.4) is 0 Å². The fourth-order valence-electron chi connectivity index (χ4n) is 4.86. The molecule has 0 aliphatic carbocycles. The fourth-order valence-corrected chi connectivity index (χ4v) is 4.86. The van der Waals surface area contributed by atoms with Crippen molar-refractivity contribution in [3.63, 3.8) is 0 Å². The first-order valence-corrected chi connectivity index (χ1v) is 10.0. The van der Waals surface area contributed by atoms with Crippen molar-refractivity contribution >= 4 is 11.8 Å². The molecule has 3 aliphatic heterocycles. The molecule has 1 aromatic rings. The smallest absolute Gasteiger partial charge is 0.254 e. The van der Waals surface area contributed by atoms with Gasteiger partial charge in [-0.2, -0.15) is 0 Å². The molecule has 2 saturated heterocycles. The summed E-state index contributed by atoms with van der Waals surface area (Å²) in [6, 6.07) is 8.10. The first-order valence-electron chi connectivity index (χ1n) is 10.0. The molecule has 1 atom stereocenters. The Bertz CT molecular complexity index is 706. The van der Waals surface area contributed by atoms with Crippen molar-refractivity contribution in [1.29, 1.82) is 0 Å². The number of nitrogens with zero attached hydrogens (tertiary/aromatic N) is 2. The van der Waals surface area contributed by atoms with Gasteiger partial charge >= 0.3 is 0 Å². The van der Waals surface area contributed by atoms with Gasteiger partial charge in [0.05, 0.1) is 12.6 Å². The average molecular weight is 371 g/mol. The monoisotopic (exact) mass is 371 g/mol. The van der Waals surface area contributed by atoms with Crippen LogP contribution in [0.1, 0.15) is 41.6 Å². The van der Waals surface area contributed by atoms with Gasteiger partial charge in [-0.05, 0) is 50.4 Å². The van der Waals surface area contributed by atoms with Crippen LogP contribution in [0, 0.1) is 0 Å². The summed E-state index contributed by atoms with van der Waals surface area (Å²) in [7, 11) is 1.68. The van der Waals surface area contributed by atoms with Crippen LogP contribution in [0.15, 0.2) is 24.3 Å². The first kappa shape index (κ1) is 18.4. The van der Waals surface area contributed by atoms with Gasteiger partial charge in [0.25, 0.3) is 5.91 Å². The number of hydrogen-bond donors (Lipinski definition) is 1. The number of likely N-dealkylation sites (tertiary alicyclic amines) is 1. The number of carbonyl (C=O) groups excluding carboxylic acids is 2.